The molecule has 0 radical (unpaired) electrons. The van der Waals surface area contributed by atoms with Crippen LogP contribution in [-0.4, -0.2) is 33.9 Å². The highest BCUT2D eigenvalue weighted by atomic mass is 28.3. The number of halogens is 2. The van der Waals surface area contributed by atoms with Crippen molar-refractivity contribution in [3.63, 3.8) is 0 Å². The van der Waals surface area contributed by atoms with Gasteiger partial charge >= 0.3 is 15.8 Å². The first-order valence-electron chi connectivity index (χ1n) is 3.51. The average Bonchev–Trinajstić information content (AvgIpc) is 1.98. The van der Waals surface area contributed by atoms with Gasteiger partial charge in [-0.05, 0) is 13.8 Å². The highest BCUT2D eigenvalue weighted by molar-refractivity contribution is 6.25. The molecule has 0 saturated heterocycles. The Morgan fingerprint density at radius 1 is 1.42 bits per heavy atom. The molecule has 0 amide bonds. The number of rotatable bonds is 6. The summed E-state index contributed by atoms with van der Waals surface area (Å²) >= 11 is 0. The molecule has 0 unspecified atom stereocenters. The van der Waals surface area contributed by atoms with Crippen LogP contribution in [0.5, 0.6) is 0 Å². The standard InChI is InChI=1S/C5H11F2NO3Si/c1-3-8(4-2)11-12(9)10-5(6)7/h5H,3-4H2,1-2H3. The first-order chi connectivity index (χ1) is 5.60. The molecule has 72 valence electrons. The lowest BCUT2D eigenvalue weighted by atomic mass is 10.6. The van der Waals surface area contributed by atoms with Crippen molar-refractivity contribution in [3.05, 3.63) is 0 Å². The van der Waals surface area contributed by atoms with E-state index in [2.05, 4.69) is 8.95 Å². The molecule has 7 heteroatoms. The molecule has 0 aromatic rings. The molecule has 0 atom stereocenters. The normalized spacial score (nSPS) is 10.5. The molecule has 0 heterocycles. The van der Waals surface area contributed by atoms with Crippen LogP contribution >= 0.6 is 0 Å². The minimum atomic E-state index is -3.09. The lowest BCUT2D eigenvalue weighted by Gasteiger charge is -2.16. The Hall–Kier alpha value is -0.563. The molecule has 0 N–H and O–H groups in total. The molecule has 0 bridgehead atoms. The maximum atomic E-state index is 11.4. The van der Waals surface area contributed by atoms with Gasteiger partial charge in [0.2, 0.25) is 0 Å². The Labute approximate surface area is 70.9 Å². The van der Waals surface area contributed by atoms with Crippen molar-refractivity contribution >= 4 is 9.17 Å². The van der Waals surface area contributed by atoms with Gasteiger partial charge in [0, 0.05) is 13.1 Å². The van der Waals surface area contributed by atoms with Crippen molar-refractivity contribution < 1.29 is 22.2 Å². The second kappa shape index (κ2) is 6.01. The zero-order valence-corrected chi connectivity index (χ0v) is 7.92. The van der Waals surface area contributed by atoms with Gasteiger partial charge in [-0.15, -0.1) is 0 Å². The van der Waals surface area contributed by atoms with E-state index in [4.69, 9.17) is 0 Å². The number of nitrogens with zero attached hydrogens (tertiary/aromatic N) is 1. The fourth-order valence-corrected chi connectivity index (χ4v) is 1.21. The number of hydrogen-bond acceptors (Lipinski definition) is 4. The van der Waals surface area contributed by atoms with E-state index in [1.54, 1.807) is 13.8 Å². The third-order valence-electron chi connectivity index (χ3n) is 1.09. The summed E-state index contributed by atoms with van der Waals surface area (Å²) in [6.45, 7) is 1.40. The van der Waals surface area contributed by atoms with Crippen molar-refractivity contribution in [2.45, 2.75) is 20.5 Å². The SMILES string of the molecule is CCN(CC)O[Si](=O)OC(F)F. The second-order valence-electron chi connectivity index (χ2n) is 1.83. The molecule has 0 fully saturated rings. The lowest BCUT2D eigenvalue weighted by molar-refractivity contribution is -0.126. The first kappa shape index (κ1) is 11.4. The Morgan fingerprint density at radius 3 is 2.25 bits per heavy atom. The Bertz CT molecular complexity index is 143. The minimum absolute atomic E-state index is 0.472. The minimum Gasteiger partial charge on any atom is -0.439 e. The quantitative estimate of drug-likeness (QED) is 0.471. The Kier molecular flexibility index (Phi) is 5.73. The largest absolute Gasteiger partial charge is 0.792 e. The van der Waals surface area contributed by atoms with Crippen LogP contribution in [-0.2, 0) is 13.4 Å². The highest BCUT2D eigenvalue weighted by Crippen LogP contribution is 1.96. The van der Waals surface area contributed by atoms with Crippen molar-refractivity contribution in [2.75, 3.05) is 13.1 Å². The van der Waals surface area contributed by atoms with E-state index in [1.165, 1.54) is 5.06 Å². The van der Waals surface area contributed by atoms with Gasteiger partial charge in [0.1, 0.15) is 0 Å². The summed E-state index contributed by atoms with van der Waals surface area (Å²) in [5, 5.41) is 1.28. The van der Waals surface area contributed by atoms with Gasteiger partial charge in [-0.2, -0.15) is 13.8 Å². The van der Waals surface area contributed by atoms with E-state index < -0.39 is 15.8 Å². The molecule has 0 aliphatic carbocycles. The van der Waals surface area contributed by atoms with E-state index in [-0.39, 0.29) is 0 Å². The molecule has 0 aromatic heterocycles. The molecule has 0 saturated carbocycles. The number of hydroxylamine groups is 2. The van der Waals surface area contributed by atoms with Crippen molar-refractivity contribution in [3.8, 4) is 0 Å². The fourth-order valence-electron chi connectivity index (χ4n) is 0.552. The molecular formula is C5H11F2NO3Si. The fraction of sp³-hybridized carbons (Fsp3) is 1.00. The molecule has 0 spiro atoms. The van der Waals surface area contributed by atoms with Crippen LogP contribution in [0.15, 0.2) is 0 Å². The molecular weight excluding hydrogens is 188 g/mol. The van der Waals surface area contributed by atoms with Crippen LogP contribution in [0.1, 0.15) is 13.8 Å². The summed E-state index contributed by atoms with van der Waals surface area (Å²) in [6, 6.07) is 0. The van der Waals surface area contributed by atoms with Crippen LogP contribution in [0.2, 0.25) is 0 Å². The maximum Gasteiger partial charge on any atom is 0.792 e. The lowest BCUT2D eigenvalue weighted by Crippen LogP contribution is -2.30. The Balaban J connectivity index is 3.66. The van der Waals surface area contributed by atoms with E-state index >= 15 is 0 Å². The molecule has 0 rings (SSSR count). The Morgan fingerprint density at radius 2 is 1.92 bits per heavy atom. The topological polar surface area (TPSA) is 38.8 Å². The second-order valence-corrected chi connectivity index (χ2v) is 2.75. The van der Waals surface area contributed by atoms with Crippen LogP contribution < -0.4 is 0 Å². The van der Waals surface area contributed by atoms with E-state index in [0.717, 1.165) is 0 Å². The van der Waals surface area contributed by atoms with Gasteiger partial charge in [0.15, 0.2) is 0 Å². The summed E-state index contributed by atoms with van der Waals surface area (Å²) in [6.07, 6.45) is 0. The average molecular weight is 199 g/mol. The zero-order valence-electron chi connectivity index (χ0n) is 6.92. The third-order valence-corrected chi connectivity index (χ3v) is 1.87. The summed E-state index contributed by atoms with van der Waals surface area (Å²) < 4.78 is 41.7. The molecule has 12 heavy (non-hydrogen) atoms. The van der Waals surface area contributed by atoms with E-state index in [0.29, 0.717) is 13.1 Å². The van der Waals surface area contributed by atoms with Crippen LogP contribution in [0.3, 0.4) is 0 Å². The summed E-state index contributed by atoms with van der Waals surface area (Å²) in [5.74, 6) is 0. The van der Waals surface area contributed by atoms with Gasteiger partial charge in [0.05, 0.1) is 0 Å². The molecule has 0 aromatic carbocycles. The first-order valence-corrected chi connectivity index (χ1v) is 4.74. The monoisotopic (exact) mass is 199 g/mol. The zero-order chi connectivity index (χ0) is 9.56. The molecule has 4 nitrogen and oxygen atoms in total. The smallest absolute Gasteiger partial charge is 0.439 e. The summed E-state index contributed by atoms with van der Waals surface area (Å²) in [7, 11) is -3.09. The van der Waals surface area contributed by atoms with Crippen LogP contribution in [0, 0.1) is 0 Å². The van der Waals surface area contributed by atoms with Gasteiger partial charge in [-0.1, -0.05) is 0 Å². The van der Waals surface area contributed by atoms with Crippen molar-refractivity contribution in [2.24, 2.45) is 0 Å². The van der Waals surface area contributed by atoms with Crippen molar-refractivity contribution in [1.82, 2.24) is 5.06 Å². The van der Waals surface area contributed by atoms with E-state index in [1.807, 2.05) is 0 Å². The van der Waals surface area contributed by atoms with Gasteiger partial charge in [-0.3, -0.25) is 4.46 Å². The van der Waals surface area contributed by atoms with Gasteiger partial charge < -0.3 is 8.95 Å². The third kappa shape index (κ3) is 5.14. The van der Waals surface area contributed by atoms with Crippen LogP contribution in [0.25, 0.3) is 0 Å². The van der Waals surface area contributed by atoms with E-state index in [9.17, 15) is 13.2 Å². The van der Waals surface area contributed by atoms with Crippen LogP contribution in [0.4, 0.5) is 8.78 Å². The summed E-state index contributed by atoms with van der Waals surface area (Å²) in [5.41, 5.74) is 0. The highest BCUT2D eigenvalue weighted by Gasteiger charge is 2.20. The van der Waals surface area contributed by atoms with Gasteiger partial charge in [-0.25, -0.2) is 0 Å². The van der Waals surface area contributed by atoms with Gasteiger partial charge in [0.25, 0.3) is 0 Å². The van der Waals surface area contributed by atoms with Crippen molar-refractivity contribution in [1.29, 1.82) is 0 Å². The number of alkyl halides is 2. The molecule has 0 aliphatic heterocycles. The summed E-state index contributed by atoms with van der Waals surface area (Å²) in [4.78, 5) is 0. The predicted molar refractivity (Wildman–Crippen MR) is 37.5 cm³/mol. The number of hydrogen-bond donors (Lipinski definition) is 0. The maximum absolute atomic E-state index is 11.4. The molecule has 0 aliphatic rings. The predicted octanol–water partition coefficient (Wildman–Crippen LogP) is 0.914.